The normalized spacial score (nSPS) is 11.8. The van der Waals surface area contributed by atoms with Gasteiger partial charge in [0.15, 0.2) is 0 Å². The number of carbonyl (C=O) groups is 1. The largest absolute Gasteiger partial charge is 0.411 e. The molecule has 1 rings (SSSR count). The molecule has 0 radical (unpaired) electrons. The molecule has 0 aliphatic rings. The minimum atomic E-state index is -4.36. The van der Waals surface area contributed by atoms with Crippen LogP contribution in [0.3, 0.4) is 0 Å². The predicted molar refractivity (Wildman–Crippen MR) is 72.2 cm³/mol. The van der Waals surface area contributed by atoms with E-state index in [4.69, 9.17) is 11.5 Å². The van der Waals surface area contributed by atoms with Crippen LogP contribution in [0.5, 0.6) is 0 Å². The van der Waals surface area contributed by atoms with Crippen molar-refractivity contribution in [3.63, 3.8) is 0 Å². The van der Waals surface area contributed by atoms with Crippen LogP contribution in [-0.2, 0) is 16.1 Å². The SMILES string of the molecule is NC(=O)CN(CCOCC(F)(F)F)Cc1ccc(N)cc1. The molecule has 1 aromatic carbocycles. The van der Waals surface area contributed by atoms with Gasteiger partial charge < -0.3 is 16.2 Å². The second-order valence-electron chi connectivity index (χ2n) is 4.59. The number of rotatable bonds is 8. The molecule has 1 amide bonds. The summed E-state index contributed by atoms with van der Waals surface area (Å²) in [6.07, 6.45) is -4.36. The van der Waals surface area contributed by atoms with E-state index < -0.39 is 18.7 Å². The van der Waals surface area contributed by atoms with Crippen LogP contribution in [0.1, 0.15) is 5.56 Å². The minimum absolute atomic E-state index is 0.0558. The lowest BCUT2D eigenvalue weighted by molar-refractivity contribution is -0.174. The molecular formula is C13H18F3N3O2. The van der Waals surface area contributed by atoms with E-state index in [1.165, 1.54) is 0 Å². The van der Waals surface area contributed by atoms with Gasteiger partial charge in [-0.3, -0.25) is 9.69 Å². The maximum Gasteiger partial charge on any atom is 0.411 e. The highest BCUT2D eigenvalue weighted by atomic mass is 19.4. The average Bonchev–Trinajstić information content (AvgIpc) is 2.35. The van der Waals surface area contributed by atoms with Gasteiger partial charge in [0.2, 0.25) is 5.91 Å². The molecule has 0 aliphatic heterocycles. The van der Waals surface area contributed by atoms with E-state index in [2.05, 4.69) is 4.74 Å². The lowest BCUT2D eigenvalue weighted by Gasteiger charge is -2.21. The molecule has 0 heterocycles. The first-order valence-electron chi connectivity index (χ1n) is 6.26. The number of amides is 1. The van der Waals surface area contributed by atoms with Crippen molar-refractivity contribution in [2.24, 2.45) is 5.73 Å². The van der Waals surface area contributed by atoms with Crippen molar-refractivity contribution in [2.45, 2.75) is 12.7 Å². The second-order valence-corrected chi connectivity index (χ2v) is 4.59. The molecule has 8 heteroatoms. The number of primary amides is 1. The molecule has 0 fully saturated rings. The molecule has 0 atom stereocenters. The minimum Gasteiger partial charge on any atom is -0.399 e. The van der Waals surface area contributed by atoms with Crippen molar-refractivity contribution in [2.75, 3.05) is 32.0 Å². The Morgan fingerprint density at radius 2 is 1.86 bits per heavy atom. The molecule has 0 bridgehead atoms. The van der Waals surface area contributed by atoms with Gasteiger partial charge in [-0.1, -0.05) is 12.1 Å². The van der Waals surface area contributed by atoms with Gasteiger partial charge in [0.05, 0.1) is 13.2 Å². The van der Waals surface area contributed by atoms with Gasteiger partial charge in [-0.05, 0) is 17.7 Å². The van der Waals surface area contributed by atoms with Gasteiger partial charge in [-0.25, -0.2) is 0 Å². The topological polar surface area (TPSA) is 81.6 Å². The van der Waals surface area contributed by atoms with Crippen LogP contribution in [0.2, 0.25) is 0 Å². The van der Waals surface area contributed by atoms with Crippen LogP contribution in [0.25, 0.3) is 0 Å². The number of anilines is 1. The van der Waals surface area contributed by atoms with Gasteiger partial charge in [0.1, 0.15) is 6.61 Å². The molecule has 0 saturated heterocycles. The van der Waals surface area contributed by atoms with Gasteiger partial charge in [0, 0.05) is 18.8 Å². The number of hydrogen-bond acceptors (Lipinski definition) is 4. The molecule has 118 valence electrons. The van der Waals surface area contributed by atoms with Gasteiger partial charge >= 0.3 is 6.18 Å². The summed E-state index contributed by atoms with van der Waals surface area (Å²) in [5.74, 6) is -0.554. The first-order valence-corrected chi connectivity index (χ1v) is 6.26. The summed E-state index contributed by atoms with van der Waals surface area (Å²) in [5.41, 5.74) is 12.2. The summed E-state index contributed by atoms with van der Waals surface area (Å²) < 4.78 is 40.4. The highest BCUT2D eigenvalue weighted by Crippen LogP contribution is 2.14. The summed E-state index contributed by atoms with van der Waals surface area (Å²) in [7, 11) is 0. The average molecular weight is 305 g/mol. The summed E-state index contributed by atoms with van der Waals surface area (Å²) in [6.45, 7) is -0.956. The monoisotopic (exact) mass is 305 g/mol. The van der Waals surface area contributed by atoms with E-state index in [1.54, 1.807) is 29.2 Å². The van der Waals surface area contributed by atoms with Crippen LogP contribution in [-0.4, -0.2) is 43.3 Å². The highest BCUT2D eigenvalue weighted by molar-refractivity contribution is 5.75. The Balaban J connectivity index is 2.47. The summed E-state index contributed by atoms with van der Waals surface area (Å²) in [4.78, 5) is 12.6. The molecule has 0 unspecified atom stereocenters. The third-order valence-corrected chi connectivity index (χ3v) is 2.58. The third kappa shape index (κ3) is 8.16. The number of benzene rings is 1. The first kappa shape index (κ1) is 17.3. The Morgan fingerprint density at radius 1 is 1.24 bits per heavy atom. The number of nitrogens with zero attached hydrogens (tertiary/aromatic N) is 1. The maximum absolute atomic E-state index is 12.0. The highest BCUT2D eigenvalue weighted by Gasteiger charge is 2.27. The molecule has 1 aromatic rings. The Bertz CT molecular complexity index is 449. The van der Waals surface area contributed by atoms with E-state index in [0.29, 0.717) is 12.2 Å². The lowest BCUT2D eigenvalue weighted by Crippen LogP contribution is -2.36. The third-order valence-electron chi connectivity index (χ3n) is 2.58. The quantitative estimate of drug-likeness (QED) is 0.557. The van der Waals surface area contributed by atoms with E-state index in [0.717, 1.165) is 5.56 Å². The zero-order valence-corrected chi connectivity index (χ0v) is 11.4. The van der Waals surface area contributed by atoms with Gasteiger partial charge in [0.25, 0.3) is 0 Å². The number of alkyl halides is 3. The summed E-state index contributed by atoms with van der Waals surface area (Å²) in [5, 5.41) is 0. The zero-order chi connectivity index (χ0) is 15.9. The van der Waals surface area contributed by atoms with Crippen LogP contribution < -0.4 is 11.5 Å². The van der Waals surface area contributed by atoms with Crippen molar-refractivity contribution in [1.29, 1.82) is 0 Å². The van der Waals surface area contributed by atoms with Crippen molar-refractivity contribution in [3.8, 4) is 0 Å². The zero-order valence-electron chi connectivity index (χ0n) is 11.4. The van der Waals surface area contributed by atoms with Crippen molar-refractivity contribution >= 4 is 11.6 Å². The Morgan fingerprint density at radius 3 is 2.38 bits per heavy atom. The summed E-state index contributed by atoms with van der Waals surface area (Å²) >= 11 is 0. The summed E-state index contributed by atoms with van der Waals surface area (Å²) in [6, 6.07) is 6.97. The van der Waals surface area contributed by atoms with Gasteiger partial charge in [-0.2, -0.15) is 13.2 Å². The number of halogens is 3. The van der Waals surface area contributed by atoms with Gasteiger partial charge in [-0.15, -0.1) is 0 Å². The molecule has 0 saturated carbocycles. The lowest BCUT2D eigenvalue weighted by atomic mass is 10.2. The standard InChI is InChI=1S/C13H18F3N3O2/c14-13(15,16)9-21-6-5-19(8-12(18)20)7-10-1-3-11(17)4-2-10/h1-4H,5-9,17H2,(H2,18,20). The van der Waals surface area contributed by atoms with Crippen LogP contribution in [0, 0.1) is 0 Å². The molecule has 21 heavy (non-hydrogen) atoms. The van der Waals surface area contributed by atoms with E-state index >= 15 is 0 Å². The fourth-order valence-corrected chi connectivity index (χ4v) is 1.70. The number of nitrogen functional groups attached to an aromatic ring is 1. The molecule has 5 nitrogen and oxygen atoms in total. The smallest absolute Gasteiger partial charge is 0.399 e. The van der Waals surface area contributed by atoms with Crippen molar-refractivity contribution in [1.82, 2.24) is 4.90 Å². The Kier molecular flexibility index (Phi) is 6.44. The fourth-order valence-electron chi connectivity index (χ4n) is 1.70. The van der Waals surface area contributed by atoms with Crippen LogP contribution >= 0.6 is 0 Å². The fraction of sp³-hybridized carbons (Fsp3) is 0.462. The molecule has 0 spiro atoms. The van der Waals surface area contributed by atoms with Crippen molar-refractivity contribution in [3.05, 3.63) is 29.8 Å². The van der Waals surface area contributed by atoms with E-state index in [9.17, 15) is 18.0 Å². The number of nitrogens with two attached hydrogens (primary N) is 2. The van der Waals surface area contributed by atoms with E-state index in [-0.39, 0.29) is 19.7 Å². The Labute approximate surface area is 120 Å². The Hall–Kier alpha value is -1.80. The predicted octanol–water partition coefficient (Wildman–Crippen LogP) is 1.13. The number of carbonyl (C=O) groups excluding carboxylic acids is 1. The molecule has 0 aromatic heterocycles. The van der Waals surface area contributed by atoms with Crippen LogP contribution in [0.4, 0.5) is 18.9 Å². The molecular weight excluding hydrogens is 287 g/mol. The van der Waals surface area contributed by atoms with Crippen molar-refractivity contribution < 1.29 is 22.7 Å². The molecule has 0 aliphatic carbocycles. The molecule has 4 N–H and O–H groups in total. The maximum atomic E-state index is 12.0. The van der Waals surface area contributed by atoms with E-state index in [1.807, 2.05) is 0 Å². The second kappa shape index (κ2) is 7.84. The number of hydrogen-bond donors (Lipinski definition) is 2. The first-order chi connectivity index (χ1) is 9.76. The van der Waals surface area contributed by atoms with Crippen LogP contribution in [0.15, 0.2) is 24.3 Å². The number of ether oxygens (including phenoxy) is 1.